The first-order valence-corrected chi connectivity index (χ1v) is 9.80. The average Bonchev–Trinajstić information content (AvgIpc) is 2.72. The third-order valence-electron chi connectivity index (χ3n) is 5.04. The molecular weight excluding hydrogens is 350 g/mol. The molecule has 1 unspecified atom stereocenters. The maximum Gasteiger partial charge on any atom is 0.250 e. The average molecular weight is 377 g/mol. The lowest BCUT2D eigenvalue weighted by molar-refractivity contribution is -0.116. The number of primary amides is 1. The number of rotatable bonds is 8. The van der Waals surface area contributed by atoms with E-state index >= 15 is 0 Å². The SMILES string of the molecule is NC(=O)c1ccccc1NC(=O)CCCCC1CC(c2ccccc2)=CCN1. The van der Waals surface area contributed by atoms with Crippen molar-refractivity contribution in [3.8, 4) is 0 Å². The number of unbranched alkanes of at least 4 members (excludes halogenated alkanes) is 1. The predicted octanol–water partition coefficient (Wildman–Crippen LogP) is 3.73. The summed E-state index contributed by atoms with van der Waals surface area (Å²) in [7, 11) is 0. The lowest BCUT2D eigenvalue weighted by atomic mass is 9.92. The van der Waals surface area contributed by atoms with Gasteiger partial charge < -0.3 is 16.4 Å². The standard InChI is InChI=1S/C23H27N3O2/c24-23(28)20-11-5-6-12-21(20)26-22(27)13-7-4-10-19-16-18(14-15-25-19)17-8-2-1-3-9-17/h1-3,5-6,8-9,11-12,14,19,25H,4,7,10,13,15-16H2,(H2,24,28)(H,26,27). The normalized spacial score (nSPS) is 16.3. The summed E-state index contributed by atoms with van der Waals surface area (Å²) in [4.78, 5) is 23.6. The second-order valence-electron chi connectivity index (χ2n) is 7.11. The predicted molar refractivity (Wildman–Crippen MR) is 113 cm³/mol. The van der Waals surface area contributed by atoms with Gasteiger partial charge in [-0.15, -0.1) is 0 Å². The molecule has 0 aliphatic carbocycles. The van der Waals surface area contributed by atoms with Gasteiger partial charge >= 0.3 is 0 Å². The van der Waals surface area contributed by atoms with Gasteiger partial charge in [-0.25, -0.2) is 0 Å². The highest BCUT2D eigenvalue weighted by Crippen LogP contribution is 2.24. The Morgan fingerprint density at radius 3 is 2.57 bits per heavy atom. The van der Waals surface area contributed by atoms with Crippen LogP contribution in [0.4, 0.5) is 5.69 Å². The fourth-order valence-corrected chi connectivity index (χ4v) is 3.56. The Balaban J connectivity index is 1.41. The molecule has 0 aromatic heterocycles. The van der Waals surface area contributed by atoms with Crippen molar-refractivity contribution >= 4 is 23.1 Å². The van der Waals surface area contributed by atoms with E-state index in [0.717, 1.165) is 32.2 Å². The molecule has 146 valence electrons. The van der Waals surface area contributed by atoms with Gasteiger partial charge in [0.1, 0.15) is 0 Å². The van der Waals surface area contributed by atoms with Crippen LogP contribution in [0.3, 0.4) is 0 Å². The van der Waals surface area contributed by atoms with Crippen molar-refractivity contribution in [2.75, 3.05) is 11.9 Å². The third-order valence-corrected chi connectivity index (χ3v) is 5.04. The summed E-state index contributed by atoms with van der Waals surface area (Å²) in [5, 5.41) is 6.33. The quantitative estimate of drug-likeness (QED) is 0.613. The highest BCUT2D eigenvalue weighted by molar-refractivity contribution is 6.02. The van der Waals surface area contributed by atoms with Crippen LogP contribution in [-0.2, 0) is 4.79 Å². The molecule has 1 heterocycles. The minimum atomic E-state index is -0.540. The fourth-order valence-electron chi connectivity index (χ4n) is 3.56. The number of anilines is 1. The van der Waals surface area contributed by atoms with E-state index in [9.17, 15) is 9.59 Å². The van der Waals surface area contributed by atoms with Crippen molar-refractivity contribution in [2.24, 2.45) is 5.73 Å². The van der Waals surface area contributed by atoms with E-state index in [2.05, 4.69) is 41.0 Å². The maximum absolute atomic E-state index is 12.2. The van der Waals surface area contributed by atoms with Gasteiger partial charge in [0.05, 0.1) is 11.3 Å². The van der Waals surface area contributed by atoms with Gasteiger partial charge in [0.25, 0.3) is 5.91 Å². The van der Waals surface area contributed by atoms with E-state index < -0.39 is 5.91 Å². The molecule has 4 N–H and O–H groups in total. The number of hydrogen-bond acceptors (Lipinski definition) is 3. The molecule has 0 fully saturated rings. The molecule has 0 spiro atoms. The molecule has 0 bridgehead atoms. The van der Waals surface area contributed by atoms with Gasteiger partial charge in [0.15, 0.2) is 0 Å². The molecule has 1 atom stereocenters. The highest BCUT2D eigenvalue weighted by Gasteiger charge is 2.16. The molecule has 5 heteroatoms. The van der Waals surface area contributed by atoms with E-state index in [1.807, 2.05) is 6.07 Å². The highest BCUT2D eigenvalue weighted by atomic mass is 16.2. The number of benzene rings is 2. The molecule has 2 amide bonds. The Labute approximate surface area is 166 Å². The van der Waals surface area contributed by atoms with E-state index in [4.69, 9.17) is 5.73 Å². The summed E-state index contributed by atoms with van der Waals surface area (Å²) in [6.07, 6.45) is 6.53. The second-order valence-corrected chi connectivity index (χ2v) is 7.11. The van der Waals surface area contributed by atoms with Crippen molar-refractivity contribution in [1.29, 1.82) is 0 Å². The number of carbonyl (C=O) groups is 2. The monoisotopic (exact) mass is 377 g/mol. The van der Waals surface area contributed by atoms with Crippen LogP contribution in [0.2, 0.25) is 0 Å². The topological polar surface area (TPSA) is 84.2 Å². The van der Waals surface area contributed by atoms with Crippen molar-refractivity contribution in [3.05, 3.63) is 71.8 Å². The van der Waals surface area contributed by atoms with E-state index in [0.29, 0.717) is 23.7 Å². The van der Waals surface area contributed by atoms with Crippen LogP contribution >= 0.6 is 0 Å². The van der Waals surface area contributed by atoms with Crippen LogP contribution in [0.1, 0.15) is 48.0 Å². The molecule has 1 aliphatic heterocycles. The van der Waals surface area contributed by atoms with E-state index in [-0.39, 0.29) is 5.91 Å². The molecule has 5 nitrogen and oxygen atoms in total. The molecule has 1 aliphatic rings. The fraction of sp³-hybridized carbons (Fsp3) is 0.304. The number of para-hydroxylation sites is 1. The summed E-state index contributed by atoms with van der Waals surface area (Å²) in [6, 6.07) is 17.7. The van der Waals surface area contributed by atoms with Crippen LogP contribution in [-0.4, -0.2) is 24.4 Å². The van der Waals surface area contributed by atoms with Gasteiger partial charge in [-0.05, 0) is 42.5 Å². The Bertz CT molecular complexity index is 846. The lowest BCUT2D eigenvalue weighted by Crippen LogP contribution is -2.32. The molecule has 0 radical (unpaired) electrons. The van der Waals surface area contributed by atoms with Gasteiger partial charge in [-0.1, -0.05) is 55.0 Å². The van der Waals surface area contributed by atoms with E-state index in [1.165, 1.54) is 11.1 Å². The summed E-state index contributed by atoms with van der Waals surface area (Å²) in [5.41, 5.74) is 8.85. The maximum atomic E-state index is 12.2. The summed E-state index contributed by atoms with van der Waals surface area (Å²) in [5.74, 6) is -0.628. The lowest BCUT2D eigenvalue weighted by Gasteiger charge is -2.24. The van der Waals surface area contributed by atoms with Crippen LogP contribution in [0.15, 0.2) is 60.7 Å². The van der Waals surface area contributed by atoms with Crippen LogP contribution < -0.4 is 16.4 Å². The Kier molecular flexibility index (Phi) is 6.98. The molecule has 0 saturated carbocycles. The van der Waals surface area contributed by atoms with Crippen LogP contribution in [0.25, 0.3) is 5.57 Å². The zero-order chi connectivity index (χ0) is 19.8. The first-order chi connectivity index (χ1) is 13.6. The molecule has 2 aromatic carbocycles. The Morgan fingerprint density at radius 2 is 1.79 bits per heavy atom. The first kappa shape index (κ1) is 19.8. The van der Waals surface area contributed by atoms with Crippen LogP contribution in [0, 0.1) is 0 Å². The molecule has 3 rings (SSSR count). The van der Waals surface area contributed by atoms with Gasteiger partial charge in [-0.3, -0.25) is 9.59 Å². The number of nitrogens with one attached hydrogen (secondary N) is 2. The van der Waals surface area contributed by atoms with Crippen molar-refractivity contribution in [2.45, 2.75) is 38.1 Å². The van der Waals surface area contributed by atoms with Gasteiger partial charge in [0, 0.05) is 19.0 Å². The molecule has 2 aromatic rings. The smallest absolute Gasteiger partial charge is 0.250 e. The number of hydrogen-bond donors (Lipinski definition) is 3. The molecule has 0 saturated heterocycles. The summed E-state index contributed by atoms with van der Waals surface area (Å²) >= 11 is 0. The zero-order valence-electron chi connectivity index (χ0n) is 16.0. The van der Waals surface area contributed by atoms with Gasteiger partial charge in [0.2, 0.25) is 5.91 Å². The largest absolute Gasteiger partial charge is 0.366 e. The van der Waals surface area contributed by atoms with Gasteiger partial charge in [-0.2, -0.15) is 0 Å². The van der Waals surface area contributed by atoms with Crippen molar-refractivity contribution < 1.29 is 9.59 Å². The Hall–Kier alpha value is -2.92. The zero-order valence-corrected chi connectivity index (χ0v) is 16.0. The number of amides is 2. The van der Waals surface area contributed by atoms with Crippen molar-refractivity contribution in [1.82, 2.24) is 5.32 Å². The Morgan fingerprint density at radius 1 is 1.04 bits per heavy atom. The summed E-state index contributed by atoms with van der Waals surface area (Å²) in [6.45, 7) is 0.888. The van der Waals surface area contributed by atoms with Crippen molar-refractivity contribution in [3.63, 3.8) is 0 Å². The molecular formula is C23H27N3O2. The van der Waals surface area contributed by atoms with Crippen LogP contribution in [0.5, 0.6) is 0 Å². The van der Waals surface area contributed by atoms with E-state index in [1.54, 1.807) is 24.3 Å². The number of carbonyl (C=O) groups excluding carboxylic acids is 2. The third kappa shape index (κ3) is 5.54. The second kappa shape index (κ2) is 9.85. The molecule has 28 heavy (non-hydrogen) atoms. The number of nitrogens with two attached hydrogens (primary N) is 1. The minimum absolute atomic E-state index is 0.0878. The minimum Gasteiger partial charge on any atom is -0.366 e. The first-order valence-electron chi connectivity index (χ1n) is 9.80. The summed E-state index contributed by atoms with van der Waals surface area (Å²) < 4.78 is 0.